The second kappa shape index (κ2) is 7.74. The first-order valence-electron chi connectivity index (χ1n) is 7.45. The molecule has 4 heteroatoms. The van der Waals surface area contributed by atoms with Gasteiger partial charge in [-0.2, -0.15) is 0 Å². The number of aromatic nitrogens is 2. The molecule has 0 aliphatic rings. The van der Waals surface area contributed by atoms with Crippen molar-refractivity contribution in [2.75, 3.05) is 6.54 Å². The fourth-order valence-corrected chi connectivity index (χ4v) is 1.99. The topological polar surface area (TPSA) is 47.0 Å². The molecule has 0 spiro atoms. The van der Waals surface area contributed by atoms with Crippen LogP contribution in [0.2, 0.25) is 0 Å². The van der Waals surface area contributed by atoms with Gasteiger partial charge in [-0.05, 0) is 42.6 Å². The minimum Gasteiger partial charge on any atom is -0.437 e. The molecule has 2 aromatic heterocycles. The van der Waals surface area contributed by atoms with Crippen molar-refractivity contribution in [2.24, 2.45) is 5.92 Å². The van der Waals surface area contributed by atoms with E-state index >= 15 is 0 Å². The molecular formula is C17H23N3O. The van der Waals surface area contributed by atoms with Crippen molar-refractivity contribution >= 4 is 0 Å². The summed E-state index contributed by atoms with van der Waals surface area (Å²) in [6, 6.07) is 7.84. The van der Waals surface area contributed by atoms with E-state index in [1.54, 1.807) is 12.4 Å². The molecule has 0 unspecified atom stereocenters. The molecule has 1 N–H and O–H groups in total. The molecule has 0 bridgehead atoms. The Morgan fingerprint density at radius 1 is 1.29 bits per heavy atom. The smallest absolute Gasteiger partial charge is 0.219 e. The van der Waals surface area contributed by atoms with Crippen LogP contribution in [0.4, 0.5) is 0 Å². The molecule has 2 rings (SSSR count). The van der Waals surface area contributed by atoms with Crippen molar-refractivity contribution in [1.82, 2.24) is 15.3 Å². The molecule has 0 saturated carbocycles. The van der Waals surface area contributed by atoms with Gasteiger partial charge in [0.1, 0.15) is 5.75 Å². The van der Waals surface area contributed by atoms with Crippen LogP contribution in [-0.4, -0.2) is 16.5 Å². The van der Waals surface area contributed by atoms with Crippen molar-refractivity contribution < 1.29 is 4.74 Å². The van der Waals surface area contributed by atoms with Crippen molar-refractivity contribution in [3.8, 4) is 11.6 Å². The fraction of sp³-hybridized carbons (Fsp3) is 0.412. The predicted octanol–water partition coefficient (Wildman–Crippen LogP) is 3.58. The van der Waals surface area contributed by atoms with E-state index in [1.165, 1.54) is 5.56 Å². The van der Waals surface area contributed by atoms with Crippen LogP contribution in [0.5, 0.6) is 11.6 Å². The van der Waals surface area contributed by atoms with Gasteiger partial charge in [0.05, 0.1) is 6.20 Å². The van der Waals surface area contributed by atoms with Crippen LogP contribution < -0.4 is 10.1 Å². The quantitative estimate of drug-likeness (QED) is 0.844. The van der Waals surface area contributed by atoms with Crippen molar-refractivity contribution in [3.05, 3.63) is 47.9 Å². The Kier molecular flexibility index (Phi) is 5.69. The molecule has 0 radical (unpaired) electrons. The first kappa shape index (κ1) is 15.4. The second-order valence-corrected chi connectivity index (χ2v) is 5.47. The minimum absolute atomic E-state index is 0.628. The monoisotopic (exact) mass is 285 g/mol. The summed E-state index contributed by atoms with van der Waals surface area (Å²) in [5, 5.41) is 3.45. The lowest BCUT2D eigenvalue weighted by Crippen LogP contribution is -2.19. The summed E-state index contributed by atoms with van der Waals surface area (Å²) in [4.78, 5) is 8.56. The zero-order valence-electron chi connectivity index (χ0n) is 13.0. The highest BCUT2D eigenvalue weighted by atomic mass is 16.5. The van der Waals surface area contributed by atoms with Crippen LogP contribution >= 0.6 is 0 Å². The number of hydrogen-bond donors (Lipinski definition) is 1. The van der Waals surface area contributed by atoms with E-state index in [0.717, 1.165) is 25.2 Å². The normalized spacial score (nSPS) is 10.9. The third kappa shape index (κ3) is 5.16. The van der Waals surface area contributed by atoms with Gasteiger partial charge in [0, 0.05) is 24.5 Å². The summed E-state index contributed by atoms with van der Waals surface area (Å²) in [5.74, 6) is 1.98. The van der Waals surface area contributed by atoms with Crippen LogP contribution in [0.15, 0.2) is 36.7 Å². The molecule has 0 aromatic carbocycles. The summed E-state index contributed by atoms with van der Waals surface area (Å²) in [6.45, 7) is 8.34. The number of pyridine rings is 2. The Morgan fingerprint density at radius 3 is 2.81 bits per heavy atom. The Labute approximate surface area is 126 Å². The average Bonchev–Trinajstić information content (AvgIpc) is 2.47. The molecule has 0 fully saturated rings. The van der Waals surface area contributed by atoms with Gasteiger partial charge < -0.3 is 10.1 Å². The molecule has 0 amide bonds. The largest absolute Gasteiger partial charge is 0.437 e. The lowest BCUT2D eigenvalue weighted by atomic mass is 10.2. The molecule has 112 valence electrons. The summed E-state index contributed by atoms with van der Waals surface area (Å²) >= 11 is 0. The zero-order valence-corrected chi connectivity index (χ0v) is 13.0. The lowest BCUT2D eigenvalue weighted by Gasteiger charge is -2.11. The predicted molar refractivity (Wildman–Crippen MR) is 84.5 cm³/mol. The van der Waals surface area contributed by atoms with Gasteiger partial charge in [0.2, 0.25) is 5.88 Å². The lowest BCUT2D eigenvalue weighted by molar-refractivity contribution is 0.457. The van der Waals surface area contributed by atoms with E-state index in [9.17, 15) is 0 Å². The molecule has 0 aliphatic heterocycles. The van der Waals surface area contributed by atoms with Gasteiger partial charge in [0.25, 0.3) is 0 Å². The Bertz CT molecular complexity index is 555. The molecule has 0 atom stereocenters. The van der Waals surface area contributed by atoms with E-state index in [2.05, 4.69) is 42.1 Å². The van der Waals surface area contributed by atoms with Crippen molar-refractivity contribution in [3.63, 3.8) is 0 Å². The van der Waals surface area contributed by atoms with E-state index in [-0.39, 0.29) is 0 Å². The highest BCUT2D eigenvalue weighted by Gasteiger charge is 2.05. The van der Waals surface area contributed by atoms with Crippen LogP contribution in [0.1, 0.15) is 32.0 Å². The first-order chi connectivity index (χ1) is 10.2. The van der Waals surface area contributed by atoms with Gasteiger partial charge in [-0.3, -0.25) is 4.98 Å². The van der Waals surface area contributed by atoms with Crippen LogP contribution in [-0.2, 0) is 13.0 Å². The Morgan fingerprint density at radius 2 is 2.14 bits per heavy atom. The van der Waals surface area contributed by atoms with E-state index in [4.69, 9.17) is 4.74 Å². The maximum Gasteiger partial charge on any atom is 0.219 e. The minimum atomic E-state index is 0.628. The van der Waals surface area contributed by atoms with E-state index in [1.807, 2.05) is 18.2 Å². The number of nitrogens with zero attached hydrogens (tertiary/aromatic N) is 2. The van der Waals surface area contributed by atoms with Gasteiger partial charge in [-0.15, -0.1) is 0 Å². The maximum absolute atomic E-state index is 5.79. The number of nitrogens with one attached hydrogen (secondary N) is 1. The third-order valence-electron chi connectivity index (χ3n) is 3.02. The highest BCUT2D eigenvalue weighted by molar-refractivity contribution is 5.29. The van der Waals surface area contributed by atoms with Crippen molar-refractivity contribution in [2.45, 2.75) is 33.7 Å². The van der Waals surface area contributed by atoms with Gasteiger partial charge in [0.15, 0.2) is 0 Å². The molecule has 4 nitrogen and oxygen atoms in total. The number of rotatable bonds is 7. The molecule has 0 saturated heterocycles. The highest BCUT2D eigenvalue weighted by Crippen LogP contribution is 2.20. The van der Waals surface area contributed by atoms with E-state index < -0.39 is 0 Å². The SMILES string of the molecule is CCc1cc(CNCC(C)C)cc(Oc2cccnc2)n1. The Balaban J connectivity index is 2.09. The van der Waals surface area contributed by atoms with Crippen LogP contribution in [0, 0.1) is 5.92 Å². The molecule has 0 aliphatic carbocycles. The summed E-state index contributed by atoms with van der Waals surface area (Å²) < 4.78 is 5.79. The summed E-state index contributed by atoms with van der Waals surface area (Å²) in [6.07, 6.45) is 4.31. The maximum atomic E-state index is 5.79. The fourth-order valence-electron chi connectivity index (χ4n) is 1.99. The average molecular weight is 285 g/mol. The first-order valence-corrected chi connectivity index (χ1v) is 7.45. The van der Waals surface area contributed by atoms with Crippen LogP contribution in [0.3, 0.4) is 0 Å². The van der Waals surface area contributed by atoms with Crippen LogP contribution in [0.25, 0.3) is 0 Å². The zero-order chi connectivity index (χ0) is 15.1. The van der Waals surface area contributed by atoms with E-state index in [0.29, 0.717) is 17.5 Å². The summed E-state index contributed by atoms with van der Waals surface area (Å²) in [5.41, 5.74) is 2.24. The number of aryl methyl sites for hydroxylation is 1. The van der Waals surface area contributed by atoms with Crippen molar-refractivity contribution in [1.29, 1.82) is 0 Å². The molecule has 2 heterocycles. The van der Waals surface area contributed by atoms with Gasteiger partial charge >= 0.3 is 0 Å². The second-order valence-electron chi connectivity index (χ2n) is 5.47. The molecule has 21 heavy (non-hydrogen) atoms. The molecular weight excluding hydrogens is 262 g/mol. The standard InChI is InChI=1S/C17H23N3O/c1-4-15-8-14(11-19-10-13(2)3)9-17(20-15)21-16-6-5-7-18-12-16/h5-9,12-13,19H,4,10-11H2,1-3H3. The Hall–Kier alpha value is -1.94. The van der Waals surface area contributed by atoms with Gasteiger partial charge in [-0.1, -0.05) is 20.8 Å². The number of hydrogen-bond acceptors (Lipinski definition) is 4. The van der Waals surface area contributed by atoms with Gasteiger partial charge in [-0.25, -0.2) is 4.98 Å². The summed E-state index contributed by atoms with van der Waals surface area (Å²) in [7, 11) is 0. The number of ether oxygens (including phenoxy) is 1. The molecule has 2 aromatic rings. The third-order valence-corrected chi connectivity index (χ3v) is 3.02.